The molecule has 0 fully saturated rings. The fourth-order valence-electron chi connectivity index (χ4n) is 4.60. The van der Waals surface area contributed by atoms with Crippen LogP contribution in [0.4, 0.5) is 4.39 Å². The fraction of sp³-hybridized carbons (Fsp3) is 0.172. The number of hydrogen-bond acceptors (Lipinski definition) is 4. The minimum absolute atomic E-state index is 0.0416. The van der Waals surface area contributed by atoms with Gasteiger partial charge in [0, 0.05) is 75.9 Å². The number of hydrogen-bond donors (Lipinski definition) is 1. The maximum absolute atomic E-state index is 13.8. The minimum atomic E-state index is -1.07. The molecule has 0 saturated heterocycles. The van der Waals surface area contributed by atoms with Gasteiger partial charge in [0.25, 0.3) is 0 Å². The maximum atomic E-state index is 13.8. The number of carbonyl (C=O) groups excluding carboxylic acids is 1. The standard InChI is InChI=1S/C29H25ClFN3O2S/c1-37(36)23-5-2-20(3-6-23)27(35)18-34-14-10-19(11-15-34)24-17-33-29(22-4-7-26(31)25(30)16-22)28(24)21-8-12-32-13-9-21/h2-10,12-13,16-17,33H,11,14-15,18H2,1H3. The number of H-pyrrole nitrogens is 1. The molecule has 2 aromatic carbocycles. The van der Waals surface area contributed by atoms with E-state index in [1.54, 1.807) is 55.0 Å². The second-order valence-electron chi connectivity index (χ2n) is 8.93. The summed E-state index contributed by atoms with van der Waals surface area (Å²) in [6.07, 6.45) is 10.0. The van der Waals surface area contributed by atoms with Crippen molar-refractivity contribution in [2.75, 3.05) is 25.9 Å². The highest BCUT2D eigenvalue weighted by molar-refractivity contribution is 7.84. The lowest BCUT2D eigenvalue weighted by atomic mass is 9.92. The Hall–Kier alpha value is -3.39. The van der Waals surface area contributed by atoms with E-state index in [1.165, 1.54) is 11.6 Å². The number of benzene rings is 2. The number of ketones is 1. The van der Waals surface area contributed by atoms with Gasteiger partial charge in [0.1, 0.15) is 5.82 Å². The summed E-state index contributed by atoms with van der Waals surface area (Å²) in [5.74, 6) is -0.413. The molecule has 1 aliphatic heterocycles. The summed E-state index contributed by atoms with van der Waals surface area (Å²) in [5.41, 5.74) is 6.53. The Kier molecular flexibility index (Phi) is 7.46. The molecule has 37 heavy (non-hydrogen) atoms. The number of pyridine rings is 1. The summed E-state index contributed by atoms with van der Waals surface area (Å²) in [7, 11) is -1.07. The molecule has 0 bridgehead atoms. The van der Waals surface area contributed by atoms with Crippen molar-refractivity contribution in [3.63, 3.8) is 0 Å². The van der Waals surface area contributed by atoms with Gasteiger partial charge < -0.3 is 4.98 Å². The van der Waals surface area contributed by atoms with Gasteiger partial charge in [0.05, 0.1) is 17.3 Å². The van der Waals surface area contributed by atoms with Crippen LogP contribution in [0.15, 0.2) is 84.2 Å². The van der Waals surface area contributed by atoms with E-state index in [2.05, 4.69) is 20.9 Å². The van der Waals surface area contributed by atoms with Crippen LogP contribution < -0.4 is 0 Å². The fourth-order valence-corrected chi connectivity index (χ4v) is 5.30. The van der Waals surface area contributed by atoms with Crippen LogP contribution >= 0.6 is 11.6 Å². The van der Waals surface area contributed by atoms with Crippen LogP contribution in [0.5, 0.6) is 0 Å². The van der Waals surface area contributed by atoms with E-state index in [1.807, 2.05) is 18.3 Å². The van der Waals surface area contributed by atoms with E-state index >= 15 is 0 Å². The molecule has 1 atom stereocenters. The molecule has 8 heteroatoms. The molecule has 3 heterocycles. The van der Waals surface area contributed by atoms with Crippen molar-refractivity contribution in [2.24, 2.45) is 0 Å². The normalized spacial score (nSPS) is 14.8. The number of aromatic nitrogens is 2. The zero-order valence-corrected chi connectivity index (χ0v) is 21.8. The molecule has 2 aromatic heterocycles. The highest BCUT2D eigenvalue weighted by Crippen LogP contribution is 2.40. The van der Waals surface area contributed by atoms with E-state index < -0.39 is 16.6 Å². The molecule has 1 unspecified atom stereocenters. The van der Waals surface area contributed by atoms with Crippen molar-refractivity contribution in [3.8, 4) is 22.4 Å². The Balaban J connectivity index is 1.39. The monoisotopic (exact) mass is 533 g/mol. The number of carbonyl (C=O) groups is 1. The van der Waals surface area contributed by atoms with E-state index in [0.29, 0.717) is 23.5 Å². The average Bonchev–Trinajstić information content (AvgIpc) is 3.36. The first-order valence-corrected chi connectivity index (χ1v) is 13.8. The van der Waals surface area contributed by atoms with Gasteiger partial charge in [-0.05, 0) is 60.0 Å². The zero-order chi connectivity index (χ0) is 25.9. The van der Waals surface area contributed by atoms with Crippen LogP contribution in [-0.2, 0) is 10.8 Å². The highest BCUT2D eigenvalue weighted by atomic mass is 35.5. The lowest BCUT2D eigenvalue weighted by molar-refractivity contribution is 0.0937. The Morgan fingerprint density at radius 3 is 2.51 bits per heavy atom. The number of nitrogens with zero attached hydrogens (tertiary/aromatic N) is 2. The van der Waals surface area contributed by atoms with Gasteiger partial charge in [-0.15, -0.1) is 0 Å². The van der Waals surface area contributed by atoms with Crippen molar-refractivity contribution in [3.05, 3.63) is 101 Å². The first-order valence-electron chi connectivity index (χ1n) is 11.9. The highest BCUT2D eigenvalue weighted by Gasteiger charge is 2.22. The van der Waals surface area contributed by atoms with Gasteiger partial charge in [-0.3, -0.25) is 18.9 Å². The van der Waals surface area contributed by atoms with E-state index in [-0.39, 0.29) is 10.8 Å². The number of halogens is 2. The third-order valence-electron chi connectivity index (χ3n) is 6.57. The quantitative estimate of drug-likeness (QED) is 0.285. The van der Waals surface area contributed by atoms with Crippen LogP contribution in [0.1, 0.15) is 22.3 Å². The molecular formula is C29H25ClFN3O2S. The van der Waals surface area contributed by atoms with Crippen LogP contribution in [0.2, 0.25) is 5.02 Å². The topological polar surface area (TPSA) is 66.1 Å². The van der Waals surface area contributed by atoms with E-state index in [4.69, 9.17) is 11.6 Å². The Labute approximate surface area is 222 Å². The van der Waals surface area contributed by atoms with E-state index in [9.17, 15) is 13.4 Å². The SMILES string of the molecule is CS(=O)c1ccc(C(=O)CN2CC=C(c3c[nH]c(-c4ccc(F)c(Cl)c4)c3-c3ccncc3)CC2)cc1. The van der Waals surface area contributed by atoms with Gasteiger partial charge >= 0.3 is 0 Å². The smallest absolute Gasteiger partial charge is 0.176 e. The molecular weight excluding hydrogens is 509 g/mol. The Morgan fingerprint density at radius 2 is 1.86 bits per heavy atom. The third kappa shape index (κ3) is 5.49. The van der Waals surface area contributed by atoms with Crippen molar-refractivity contribution >= 4 is 33.8 Å². The van der Waals surface area contributed by atoms with Gasteiger partial charge in [-0.25, -0.2) is 4.39 Å². The molecule has 0 amide bonds. The molecule has 5 rings (SSSR count). The zero-order valence-electron chi connectivity index (χ0n) is 20.2. The maximum Gasteiger partial charge on any atom is 0.176 e. The summed E-state index contributed by atoms with van der Waals surface area (Å²) in [4.78, 5) is 23.2. The number of rotatable bonds is 7. The summed E-state index contributed by atoms with van der Waals surface area (Å²) in [5, 5.41) is 0.0733. The van der Waals surface area contributed by atoms with Crippen molar-refractivity contribution in [2.45, 2.75) is 11.3 Å². The molecule has 5 nitrogen and oxygen atoms in total. The van der Waals surface area contributed by atoms with Crippen molar-refractivity contribution in [1.29, 1.82) is 0 Å². The second-order valence-corrected chi connectivity index (χ2v) is 10.7. The van der Waals surface area contributed by atoms with Gasteiger partial charge in [-0.1, -0.05) is 29.8 Å². The van der Waals surface area contributed by atoms with Gasteiger partial charge in [0.2, 0.25) is 0 Å². The molecule has 188 valence electrons. The average molecular weight is 534 g/mol. The first kappa shape index (κ1) is 25.3. The molecule has 0 saturated carbocycles. The third-order valence-corrected chi connectivity index (χ3v) is 7.80. The van der Waals surface area contributed by atoms with Crippen LogP contribution in [0.3, 0.4) is 0 Å². The minimum Gasteiger partial charge on any atom is -0.360 e. The summed E-state index contributed by atoms with van der Waals surface area (Å²) < 4.78 is 25.4. The van der Waals surface area contributed by atoms with Crippen molar-refractivity contribution in [1.82, 2.24) is 14.9 Å². The van der Waals surface area contributed by atoms with Crippen molar-refractivity contribution < 1.29 is 13.4 Å². The van der Waals surface area contributed by atoms with Crippen LogP contribution in [0, 0.1) is 5.82 Å². The largest absolute Gasteiger partial charge is 0.360 e. The summed E-state index contributed by atoms with van der Waals surface area (Å²) in [6.45, 7) is 1.71. The lowest BCUT2D eigenvalue weighted by Gasteiger charge is -2.26. The van der Waals surface area contributed by atoms with Gasteiger partial charge in [-0.2, -0.15) is 0 Å². The molecule has 0 aliphatic carbocycles. The molecule has 1 aliphatic rings. The number of aromatic amines is 1. The van der Waals surface area contributed by atoms with Crippen LogP contribution in [0.25, 0.3) is 28.0 Å². The molecule has 1 N–H and O–H groups in total. The molecule has 0 radical (unpaired) electrons. The lowest BCUT2D eigenvalue weighted by Crippen LogP contribution is -2.33. The molecule has 4 aromatic rings. The predicted octanol–water partition coefficient (Wildman–Crippen LogP) is 6.25. The second kappa shape index (κ2) is 10.9. The number of Topliss-reactive ketones (excluding diaryl/α,β-unsaturated/α-hetero) is 1. The summed E-state index contributed by atoms with van der Waals surface area (Å²) in [6, 6.07) is 15.6. The summed E-state index contributed by atoms with van der Waals surface area (Å²) >= 11 is 6.08. The number of nitrogens with one attached hydrogen (secondary N) is 1. The van der Waals surface area contributed by atoms with E-state index in [0.717, 1.165) is 40.9 Å². The van der Waals surface area contributed by atoms with Gasteiger partial charge in [0.15, 0.2) is 5.78 Å². The Morgan fingerprint density at radius 1 is 1.11 bits per heavy atom. The van der Waals surface area contributed by atoms with Crippen LogP contribution in [-0.4, -0.2) is 50.8 Å². The predicted molar refractivity (Wildman–Crippen MR) is 147 cm³/mol. The Bertz CT molecular complexity index is 1500. The molecule has 0 spiro atoms. The first-order chi connectivity index (χ1) is 17.9.